The molecule has 1 aliphatic rings. The molecule has 1 unspecified atom stereocenters. The molecule has 32 heavy (non-hydrogen) atoms. The number of thiocarbonyl (C=S) groups is 1. The van der Waals surface area contributed by atoms with Crippen LogP contribution in [0, 0.1) is 6.92 Å². The summed E-state index contributed by atoms with van der Waals surface area (Å²) >= 11 is 5.60. The van der Waals surface area contributed by atoms with Crippen molar-refractivity contribution in [3.63, 3.8) is 0 Å². The lowest BCUT2D eigenvalue weighted by molar-refractivity contribution is -0.746. The van der Waals surface area contributed by atoms with E-state index >= 15 is 0 Å². The van der Waals surface area contributed by atoms with Gasteiger partial charge >= 0.3 is 11.3 Å². The number of aromatic amines is 1. The van der Waals surface area contributed by atoms with Gasteiger partial charge in [-0.3, -0.25) is 19.0 Å². The number of aryl methyl sites for hydroxylation is 2. The molecular formula is C22H22N5O4S+. The van der Waals surface area contributed by atoms with Gasteiger partial charge < -0.3 is 10.2 Å². The maximum atomic E-state index is 13.4. The van der Waals surface area contributed by atoms with E-state index in [1.54, 1.807) is 48.3 Å². The van der Waals surface area contributed by atoms with Crippen LogP contribution < -0.4 is 20.5 Å². The highest BCUT2D eigenvalue weighted by Crippen LogP contribution is 2.28. The van der Waals surface area contributed by atoms with Crippen LogP contribution in [0.1, 0.15) is 17.7 Å². The Morgan fingerprint density at radius 3 is 2.47 bits per heavy atom. The van der Waals surface area contributed by atoms with E-state index in [2.05, 4.69) is 10.6 Å². The fraction of sp³-hybridized carbons (Fsp3) is 0.227. The zero-order chi connectivity index (χ0) is 22.8. The van der Waals surface area contributed by atoms with Crippen molar-refractivity contribution in [3.05, 3.63) is 76.3 Å². The van der Waals surface area contributed by atoms with Crippen LogP contribution in [0.3, 0.4) is 0 Å². The molecule has 0 radical (unpaired) electrons. The summed E-state index contributed by atoms with van der Waals surface area (Å²) in [5.74, 6) is -0.664. The van der Waals surface area contributed by atoms with Crippen LogP contribution in [-0.4, -0.2) is 33.1 Å². The molecule has 2 N–H and O–H groups in total. The predicted octanol–water partition coefficient (Wildman–Crippen LogP) is 1.63. The quantitative estimate of drug-likeness (QED) is 0.435. The largest absolute Gasteiger partial charge is 0.431 e. The molecule has 10 heteroatoms. The molecule has 2 heterocycles. The number of para-hydroxylation sites is 1. The standard InChI is InChI=1S/C22H21N5O4S/c1-14-8-10-15(11-9-14)23-19(28)12-17-20(29)27(16-6-4-3-5-7-16)22(32)26(17)13-18-21(30)31-24-25(18)2/h3-11,17H,12-13H2,1-2H3,(H-,23,24,28,30)/p+1. The summed E-state index contributed by atoms with van der Waals surface area (Å²) in [6.45, 7) is 1.97. The number of hydrogen-bond donors (Lipinski definition) is 2. The van der Waals surface area contributed by atoms with Crippen molar-refractivity contribution in [3.8, 4) is 0 Å². The molecule has 2 aromatic carbocycles. The monoisotopic (exact) mass is 452 g/mol. The molecule has 1 aromatic heterocycles. The number of aromatic nitrogens is 2. The number of nitrogens with zero attached hydrogens (tertiary/aromatic N) is 3. The van der Waals surface area contributed by atoms with Gasteiger partial charge in [0, 0.05) is 5.69 Å². The number of anilines is 2. The maximum Gasteiger partial charge on any atom is 0.431 e. The first-order chi connectivity index (χ1) is 15.3. The second kappa shape index (κ2) is 8.75. The Bertz CT molecular complexity index is 1220. The van der Waals surface area contributed by atoms with E-state index in [-0.39, 0.29) is 35.6 Å². The van der Waals surface area contributed by atoms with Crippen LogP contribution in [0.5, 0.6) is 0 Å². The third kappa shape index (κ3) is 4.17. The lowest BCUT2D eigenvalue weighted by Crippen LogP contribution is -2.44. The number of amides is 2. The van der Waals surface area contributed by atoms with Crippen molar-refractivity contribution in [2.24, 2.45) is 7.05 Å². The maximum absolute atomic E-state index is 13.4. The third-order valence-corrected chi connectivity index (χ3v) is 5.70. The molecule has 3 aromatic rings. The minimum atomic E-state index is -0.873. The predicted molar refractivity (Wildman–Crippen MR) is 121 cm³/mol. The minimum absolute atomic E-state index is 0.0126. The zero-order valence-corrected chi connectivity index (χ0v) is 18.4. The second-order valence-corrected chi connectivity index (χ2v) is 7.91. The third-order valence-electron chi connectivity index (χ3n) is 5.28. The normalized spacial score (nSPS) is 16.0. The Labute approximate surface area is 189 Å². The Kier molecular flexibility index (Phi) is 5.87. The van der Waals surface area contributed by atoms with E-state index in [9.17, 15) is 14.4 Å². The Morgan fingerprint density at radius 1 is 1.16 bits per heavy atom. The first-order valence-electron chi connectivity index (χ1n) is 9.97. The average Bonchev–Trinajstić information content (AvgIpc) is 3.21. The van der Waals surface area contributed by atoms with Gasteiger partial charge in [-0.2, -0.15) is 0 Å². The van der Waals surface area contributed by atoms with Crippen molar-refractivity contribution in [2.75, 3.05) is 10.2 Å². The molecule has 2 amide bonds. The van der Waals surface area contributed by atoms with E-state index in [4.69, 9.17) is 16.7 Å². The molecule has 1 atom stereocenters. The van der Waals surface area contributed by atoms with E-state index < -0.39 is 11.7 Å². The van der Waals surface area contributed by atoms with Crippen molar-refractivity contribution >= 4 is 40.5 Å². The van der Waals surface area contributed by atoms with E-state index in [0.717, 1.165) is 5.56 Å². The molecule has 1 aliphatic heterocycles. The average molecular weight is 453 g/mol. The van der Waals surface area contributed by atoms with Gasteiger partial charge in [-0.25, -0.2) is 4.79 Å². The van der Waals surface area contributed by atoms with Crippen LogP contribution in [0.4, 0.5) is 11.4 Å². The Balaban J connectivity index is 1.62. The van der Waals surface area contributed by atoms with Crippen LogP contribution in [0.2, 0.25) is 0 Å². The number of benzene rings is 2. The Morgan fingerprint density at radius 2 is 1.84 bits per heavy atom. The molecule has 1 saturated heterocycles. The van der Waals surface area contributed by atoms with Gasteiger partial charge in [0.2, 0.25) is 5.91 Å². The van der Waals surface area contributed by atoms with Gasteiger partial charge in [0.25, 0.3) is 5.91 Å². The summed E-state index contributed by atoms with van der Waals surface area (Å²) in [5, 5.41) is 5.49. The van der Waals surface area contributed by atoms with Crippen molar-refractivity contribution in [1.29, 1.82) is 0 Å². The summed E-state index contributed by atoms with van der Waals surface area (Å²) in [4.78, 5) is 41.2. The number of carbonyl (C=O) groups excluding carboxylic acids is 2. The number of nitrogens with one attached hydrogen (secondary N) is 2. The SMILES string of the molecule is Cc1ccc(NC(=O)CC2C(=O)N(c3ccccc3)C(=S)N2Cc2c(=O)o[nH][n+]2C)cc1. The van der Waals surface area contributed by atoms with Crippen LogP contribution >= 0.6 is 12.2 Å². The van der Waals surface area contributed by atoms with Crippen LogP contribution in [0.15, 0.2) is 63.9 Å². The lowest BCUT2D eigenvalue weighted by Gasteiger charge is -2.21. The zero-order valence-electron chi connectivity index (χ0n) is 17.6. The first kappa shape index (κ1) is 21.4. The van der Waals surface area contributed by atoms with Crippen LogP contribution in [-0.2, 0) is 23.2 Å². The molecule has 9 nitrogen and oxygen atoms in total. The smallest absolute Gasteiger partial charge is 0.326 e. The number of carbonyl (C=O) groups is 2. The lowest BCUT2D eigenvalue weighted by atomic mass is 10.1. The van der Waals surface area contributed by atoms with Crippen molar-refractivity contribution < 1.29 is 18.8 Å². The molecule has 4 rings (SSSR count). The molecular weight excluding hydrogens is 430 g/mol. The fourth-order valence-corrected chi connectivity index (χ4v) is 3.93. The van der Waals surface area contributed by atoms with Gasteiger partial charge in [0.1, 0.15) is 12.6 Å². The van der Waals surface area contributed by atoms with Crippen molar-refractivity contribution in [1.82, 2.24) is 10.2 Å². The summed E-state index contributed by atoms with van der Waals surface area (Å²) in [6, 6.07) is 15.5. The van der Waals surface area contributed by atoms with Gasteiger partial charge in [-0.1, -0.05) is 40.6 Å². The van der Waals surface area contributed by atoms with Crippen molar-refractivity contribution in [2.45, 2.75) is 25.9 Å². The summed E-state index contributed by atoms with van der Waals surface area (Å²) < 4.78 is 6.24. The van der Waals surface area contributed by atoms with Crippen LogP contribution in [0.25, 0.3) is 0 Å². The number of hydrogen-bond acceptors (Lipinski definition) is 5. The van der Waals surface area contributed by atoms with E-state index in [1.807, 2.05) is 25.1 Å². The Hall–Kier alpha value is -3.79. The second-order valence-electron chi connectivity index (χ2n) is 7.54. The molecule has 0 bridgehead atoms. The summed E-state index contributed by atoms with van der Waals surface area (Å²) in [7, 11) is 1.62. The highest BCUT2D eigenvalue weighted by molar-refractivity contribution is 7.80. The molecule has 0 aliphatic carbocycles. The first-order valence-corrected chi connectivity index (χ1v) is 10.4. The molecule has 164 valence electrons. The van der Waals surface area contributed by atoms with E-state index in [0.29, 0.717) is 11.4 Å². The molecule has 0 saturated carbocycles. The number of H-pyrrole nitrogens is 1. The molecule has 1 fully saturated rings. The number of rotatable bonds is 6. The summed E-state index contributed by atoms with van der Waals surface area (Å²) in [6.07, 6.45) is -0.129. The van der Waals surface area contributed by atoms with Gasteiger partial charge in [-0.05, 0) is 48.7 Å². The highest BCUT2D eigenvalue weighted by atomic mass is 32.1. The van der Waals surface area contributed by atoms with Gasteiger partial charge in [-0.15, -0.1) is 0 Å². The van der Waals surface area contributed by atoms with Gasteiger partial charge in [0.05, 0.1) is 12.1 Å². The minimum Gasteiger partial charge on any atom is -0.326 e. The highest BCUT2D eigenvalue weighted by Gasteiger charge is 2.45. The van der Waals surface area contributed by atoms with Gasteiger partial charge in [0.15, 0.2) is 12.2 Å². The topological polar surface area (TPSA) is 103 Å². The fourth-order valence-electron chi connectivity index (χ4n) is 3.55. The molecule has 0 spiro atoms. The summed E-state index contributed by atoms with van der Waals surface area (Å²) in [5.41, 5.74) is 2.02. The van der Waals surface area contributed by atoms with E-state index in [1.165, 1.54) is 9.58 Å².